The number of benzene rings is 1. The first kappa shape index (κ1) is 10.2. The molecule has 2 rings (SSSR count). The molecule has 78 valence electrons. The molecule has 0 spiro atoms. The van der Waals surface area contributed by atoms with E-state index in [0.717, 1.165) is 0 Å². The van der Waals surface area contributed by atoms with E-state index in [0.29, 0.717) is 18.1 Å². The summed E-state index contributed by atoms with van der Waals surface area (Å²) in [4.78, 5) is 4.16. The van der Waals surface area contributed by atoms with Gasteiger partial charge in [-0.1, -0.05) is 29.4 Å². The third-order valence-electron chi connectivity index (χ3n) is 2.23. The molecule has 0 N–H and O–H groups in total. The fourth-order valence-electron chi connectivity index (χ4n) is 1.39. The van der Waals surface area contributed by atoms with Crippen molar-refractivity contribution in [1.82, 2.24) is 10.1 Å². The van der Waals surface area contributed by atoms with Crippen molar-refractivity contribution < 1.29 is 4.52 Å². The first-order valence-corrected chi connectivity index (χ1v) is 5.25. The maximum atomic E-state index is 5.59. The van der Waals surface area contributed by atoms with E-state index in [9.17, 15) is 0 Å². The van der Waals surface area contributed by atoms with Gasteiger partial charge in [0.1, 0.15) is 0 Å². The average molecular weight is 223 g/mol. The van der Waals surface area contributed by atoms with Crippen LogP contribution in [0.3, 0.4) is 0 Å². The molecule has 1 heterocycles. The first-order valence-electron chi connectivity index (χ1n) is 4.71. The Labute approximate surface area is 93.1 Å². The number of hydrogen-bond acceptors (Lipinski definition) is 3. The molecule has 0 aliphatic rings. The number of rotatable bonds is 3. The van der Waals surface area contributed by atoms with E-state index in [1.54, 1.807) is 0 Å². The number of halogens is 1. The van der Waals surface area contributed by atoms with Gasteiger partial charge >= 0.3 is 0 Å². The molecule has 2 aromatic rings. The smallest absolute Gasteiger partial charge is 0.231 e. The van der Waals surface area contributed by atoms with E-state index in [-0.39, 0.29) is 5.88 Å². The lowest BCUT2D eigenvalue weighted by molar-refractivity contribution is 0.380. The molecule has 0 fully saturated rings. The standard InChI is InChI=1S/C11H11ClN2O/c1-8-4-2-3-5-9(8)6-11-13-10(7-12)14-15-11/h2-5H,6-7H2,1H3. The summed E-state index contributed by atoms with van der Waals surface area (Å²) >= 11 is 5.59. The number of aryl methyl sites for hydroxylation is 1. The van der Waals surface area contributed by atoms with Crippen LogP contribution in [0.1, 0.15) is 22.8 Å². The summed E-state index contributed by atoms with van der Waals surface area (Å²) in [5, 5.41) is 3.74. The SMILES string of the molecule is Cc1ccccc1Cc1nc(CCl)no1. The summed E-state index contributed by atoms with van der Waals surface area (Å²) < 4.78 is 5.07. The Morgan fingerprint density at radius 2 is 2.13 bits per heavy atom. The van der Waals surface area contributed by atoms with Gasteiger partial charge in [-0.25, -0.2) is 0 Å². The number of nitrogens with zero attached hydrogens (tertiary/aromatic N) is 2. The van der Waals surface area contributed by atoms with Gasteiger partial charge in [0, 0.05) is 0 Å². The van der Waals surface area contributed by atoms with Gasteiger partial charge in [-0.3, -0.25) is 0 Å². The van der Waals surface area contributed by atoms with Crippen molar-refractivity contribution in [3.05, 3.63) is 47.1 Å². The van der Waals surface area contributed by atoms with Gasteiger partial charge in [0.05, 0.1) is 12.3 Å². The second kappa shape index (κ2) is 4.45. The second-order valence-electron chi connectivity index (χ2n) is 3.34. The minimum atomic E-state index is 0.289. The minimum Gasteiger partial charge on any atom is -0.339 e. The van der Waals surface area contributed by atoms with Crippen molar-refractivity contribution in [1.29, 1.82) is 0 Å². The van der Waals surface area contributed by atoms with E-state index in [2.05, 4.69) is 29.2 Å². The summed E-state index contributed by atoms with van der Waals surface area (Å²) in [5.41, 5.74) is 2.42. The lowest BCUT2D eigenvalue weighted by atomic mass is 10.1. The number of hydrogen-bond donors (Lipinski definition) is 0. The van der Waals surface area contributed by atoms with Crippen LogP contribution in [-0.4, -0.2) is 10.1 Å². The average Bonchev–Trinajstić information content (AvgIpc) is 2.69. The molecule has 0 aliphatic carbocycles. The number of aromatic nitrogens is 2. The van der Waals surface area contributed by atoms with Gasteiger partial charge in [-0.15, -0.1) is 11.6 Å². The Balaban J connectivity index is 2.18. The zero-order valence-corrected chi connectivity index (χ0v) is 9.16. The summed E-state index contributed by atoms with van der Waals surface area (Å²) in [7, 11) is 0. The summed E-state index contributed by atoms with van der Waals surface area (Å²) in [5.74, 6) is 1.44. The quantitative estimate of drug-likeness (QED) is 0.750. The normalized spacial score (nSPS) is 10.5. The molecule has 0 saturated carbocycles. The van der Waals surface area contributed by atoms with E-state index < -0.39 is 0 Å². The van der Waals surface area contributed by atoms with Crippen molar-refractivity contribution in [2.24, 2.45) is 0 Å². The Kier molecular flexibility index (Phi) is 3.02. The van der Waals surface area contributed by atoms with Crippen LogP contribution in [0.15, 0.2) is 28.8 Å². The molecule has 0 radical (unpaired) electrons. The van der Waals surface area contributed by atoms with Crippen molar-refractivity contribution in [3.63, 3.8) is 0 Å². The minimum absolute atomic E-state index is 0.289. The molecule has 0 amide bonds. The molecule has 0 unspecified atom stereocenters. The molecule has 0 aliphatic heterocycles. The fourth-order valence-corrected chi connectivity index (χ4v) is 1.50. The lowest BCUT2D eigenvalue weighted by Gasteiger charge is -2.00. The summed E-state index contributed by atoms with van der Waals surface area (Å²) in [6, 6.07) is 8.13. The molecular weight excluding hydrogens is 212 g/mol. The zero-order valence-electron chi connectivity index (χ0n) is 8.40. The Morgan fingerprint density at radius 1 is 1.33 bits per heavy atom. The Bertz CT molecular complexity index is 453. The van der Waals surface area contributed by atoms with Crippen LogP contribution in [0.25, 0.3) is 0 Å². The summed E-state index contributed by atoms with van der Waals surface area (Å²) in [6.07, 6.45) is 0.663. The van der Waals surface area contributed by atoms with Gasteiger partial charge in [-0.2, -0.15) is 4.98 Å². The van der Waals surface area contributed by atoms with E-state index >= 15 is 0 Å². The molecular formula is C11H11ClN2O. The largest absolute Gasteiger partial charge is 0.339 e. The molecule has 4 heteroatoms. The molecule has 0 bridgehead atoms. The predicted molar refractivity (Wildman–Crippen MR) is 57.8 cm³/mol. The van der Waals surface area contributed by atoms with Crippen LogP contribution in [-0.2, 0) is 12.3 Å². The van der Waals surface area contributed by atoms with Crippen LogP contribution in [0.4, 0.5) is 0 Å². The first-order chi connectivity index (χ1) is 7.29. The molecule has 1 aromatic carbocycles. The Morgan fingerprint density at radius 3 is 2.80 bits per heavy atom. The fraction of sp³-hybridized carbons (Fsp3) is 0.273. The van der Waals surface area contributed by atoms with Gasteiger partial charge in [0.25, 0.3) is 0 Å². The van der Waals surface area contributed by atoms with Crippen LogP contribution >= 0.6 is 11.6 Å². The van der Waals surface area contributed by atoms with Crippen molar-refractivity contribution in [3.8, 4) is 0 Å². The topological polar surface area (TPSA) is 38.9 Å². The highest BCUT2D eigenvalue weighted by molar-refractivity contribution is 6.16. The van der Waals surface area contributed by atoms with Gasteiger partial charge < -0.3 is 4.52 Å². The molecule has 3 nitrogen and oxygen atoms in total. The van der Waals surface area contributed by atoms with Crippen molar-refractivity contribution in [2.75, 3.05) is 0 Å². The van der Waals surface area contributed by atoms with Crippen LogP contribution in [0, 0.1) is 6.92 Å². The van der Waals surface area contributed by atoms with E-state index in [4.69, 9.17) is 16.1 Å². The van der Waals surface area contributed by atoms with E-state index in [1.165, 1.54) is 11.1 Å². The van der Waals surface area contributed by atoms with Gasteiger partial charge in [0.15, 0.2) is 5.82 Å². The van der Waals surface area contributed by atoms with Crippen molar-refractivity contribution >= 4 is 11.6 Å². The third kappa shape index (κ3) is 2.36. The zero-order chi connectivity index (χ0) is 10.7. The van der Waals surface area contributed by atoms with Gasteiger partial charge in [0.2, 0.25) is 5.89 Å². The van der Waals surface area contributed by atoms with Gasteiger partial charge in [-0.05, 0) is 18.1 Å². The second-order valence-corrected chi connectivity index (χ2v) is 3.61. The molecule has 0 atom stereocenters. The van der Waals surface area contributed by atoms with Crippen LogP contribution in [0.2, 0.25) is 0 Å². The lowest BCUT2D eigenvalue weighted by Crippen LogP contribution is -1.91. The summed E-state index contributed by atoms with van der Waals surface area (Å²) in [6.45, 7) is 2.06. The third-order valence-corrected chi connectivity index (χ3v) is 2.47. The van der Waals surface area contributed by atoms with E-state index in [1.807, 2.05) is 12.1 Å². The highest BCUT2D eigenvalue weighted by atomic mass is 35.5. The molecule has 0 saturated heterocycles. The highest BCUT2D eigenvalue weighted by Crippen LogP contribution is 2.12. The van der Waals surface area contributed by atoms with Crippen LogP contribution < -0.4 is 0 Å². The predicted octanol–water partition coefficient (Wildman–Crippen LogP) is 2.71. The molecule has 1 aromatic heterocycles. The molecule has 15 heavy (non-hydrogen) atoms. The highest BCUT2D eigenvalue weighted by Gasteiger charge is 2.07. The monoisotopic (exact) mass is 222 g/mol. The maximum absolute atomic E-state index is 5.59. The number of alkyl halides is 1. The van der Waals surface area contributed by atoms with Crippen LogP contribution in [0.5, 0.6) is 0 Å². The maximum Gasteiger partial charge on any atom is 0.231 e. The Hall–Kier alpha value is -1.35. The van der Waals surface area contributed by atoms with Crippen molar-refractivity contribution in [2.45, 2.75) is 19.2 Å².